The lowest BCUT2D eigenvalue weighted by Gasteiger charge is -2.17. The molecule has 0 aliphatic heterocycles. The quantitative estimate of drug-likeness (QED) is 0.818. The lowest BCUT2D eigenvalue weighted by atomic mass is 10.3. The number of halogens is 1. The predicted molar refractivity (Wildman–Crippen MR) is 63.1 cm³/mol. The highest BCUT2D eigenvalue weighted by Crippen LogP contribution is 2.17. The van der Waals surface area contributed by atoms with E-state index in [0.29, 0.717) is 18.7 Å². The minimum atomic E-state index is -3.44. The van der Waals surface area contributed by atoms with Crippen LogP contribution in [0.2, 0.25) is 0 Å². The molecule has 16 heavy (non-hydrogen) atoms. The van der Waals surface area contributed by atoms with Crippen LogP contribution in [-0.4, -0.2) is 41.9 Å². The number of rotatable bonds is 5. The highest BCUT2D eigenvalue weighted by Gasteiger charge is 2.23. The van der Waals surface area contributed by atoms with Gasteiger partial charge in [-0.15, -0.1) is 11.6 Å². The van der Waals surface area contributed by atoms with Crippen LogP contribution >= 0.6 is 11.6 Å². The summed E-state index contributed by atoms with van der Waals surface area (Å²) in [6.45, 7) is 3.92. The Labute approximate surface area is 101 Å². The Morgan fingerprint density at radius 3 is 2.69 bits per heavy atom. The van der Waals surface area contributed by atoms with E-state index in [1.165, 1.54) is 10.5 Å². The van der Waals surface area contributed by atoms with Crippen molar-refractivity contribution in [2.24, 2.45) is 0 Å². The summed E-state index contributed by atoms with van der Waals surface area (Å²) in [6, 6.07) is 0. The number of H-pyrrole nitrogens is 1. The number of sulfonamides is 1. The third kappa shape index (κ3) is 2.96. The van der Waals surface area contributed by atoms with E-state index in [0.717, 1.165) is 0 Å². The Balaban J connectivity index is 2.83. The van der Waals surface area contributed by atoms with Crippen LogP contribution in [0, 0.1) is 6.92 Å². The monoisotopic (exact) mass is 265 g/mol. The summed E-state index contributed by atoms with van der Waals surface area (Å²) in [5.41, 5.74) is 0.547. The zero-order valence-electron chi connectivity index (χ0n) is 9.57. The van der Waals surface area contributed by atoms with Crippen LogP contribution in [0.1, 0.15) is 19.0 Å². The number of aromatic amines is 1. The summed E-state index contributed by atoms with van der Waals surface area (Å²) in [5.74, 6) is 0. The second-order valence-corrected chi connectivity index (χ2v) is 6.51. The van der Waals surface area contributed by atoms with E-state index in [2.05, 4.69) is 10.2 Å². The van der Waals surface area contributed by atoms with E-state index in [1.54, 1.807) is 14.0 Å². The summed E-state index contributed by atoms with van der Waals surface area (Å²) in [7, 11) is -1.90. The fourth-order valence-electron chi connectivity index (χ4n) is 1.25. The van der Waals surface area contributed by atoms with Crippen LogP contribution in [0.25, 0.3) is 0 Å². The van der Waals surface area contributed by atoms with Crippen LogP contribution in [0.4, 0.5) is 0 Å². The van der Waals surface area contributed by atoms with Crippen molar-refractivity contribution in [2.45, 2.75) is 30.5 Å². The normalized spacial score (nSPS) is 14.3. The first kappa shape index (κ1) is 13.5. The molecule has 1 atom stereocenters. The van der Waals surface area contributed by atoms with E-state index in [4.69, 9.17) is 11.6 Å². The number of alkyl halides is 1. The number of nitrogens with one attached hydrogen (secondary N) is 1. The van der Waals surface area contributed by atoms with E-state index < -0.39 is 10.0 Å². The van der Waals surface area contributed by atoms with Gasteiger partial charge in [0, 0.05) is 19.0 Å². The van der Waals surface area contributed by atoms with Gasteiger partial charge in [-0.05, 0) is 20.3 Å². The van der Waals surface area contributed by atoms with Gasteiger partial charge in [-0.1, -0.05) is 0 Å². The van der Waals surface area contributed by atoms with Gasteiger partial charge < -0.3 is 0 Å². The van der Waals surface area contributed by atoms with Gasteiger partial charge in [0.2, 0.25) is 10.0 Å². The third-order valence-corrected chi connectivity index (χ3v) is 4.50. The fraction of sp³-hybridized carbons (Fsp3) is 0.667. The van der Waals surface area contributed by atoms with Crippen LogP contribution in [0.3, 0.4) is 0 Å². The highest BCUT2D eigenvalue weighted by atomic mass is 35.5. The van der Waals surface area contributed by atoms with Gasteiger partial charge in [-0.3, -0.25) is 5.10 Å². The minimum Gasteiger partial charge on any atom is -0.281 e. The summed E-state index contributed by atoms with van der Waals surface area (Å²) in [6.07, 6.45) is 1.94. The molecule has 92 valence electrons. The molecule has 0 radical (unpaired) electrons. The topological polar surface area (TPSA) is 66.1 Å². The number of hydrogen-bond donors (Lipinski definition) is 1. The van der Waals surface area contributed by atoms with E-state index >= 15 is 0 Å². The maximum absolute atomic E-state index is 12.0. The molecule has 5 nitrogen and oxygen atoms in total. The number of aromatic nitrogens is 2. The summed E-state index contributed by atoms with van der Waals surface area (Å²) < 4.78 is 25.4. The van der Waals surface area contributed by atoms with Crippen LogP contribution in [-0.2, 0) is 10.0 Å². The van der Waals surface area contributed by atoms with E-state index in [1.807, 2.05) is 6.92 Å². The molecule has 0 aliphatic carbocycles. The van der Waals surface area contributed by atoms with Gasteiger partial charge >= 0.3 is 0 Å². The molecule has 0 bridgehead atoms. The summed E-state index contributed by atoms with van der Waals surface area (Å²) >= 11 is 5.79. The maximum atomic E-state index is 12.0. The first-order valence-electron chi connectivity index (χ1n) is 4.96. The molecule has 7 heteroatoms. The minimum absolute atomic E-state index is 0.0388. The van der Waals surface area contributed by atoms with E-state index in [9.17, 15) is 8.42 Å². The summed E-state index contributed by atoms with van der Waals surface area (Å²) in [5, 5.41) is 6.28. The van der Waals surface area contributed by atoms with Crippen LogP contribution in [0.5, 0.6) is 0 Å². The van der Waals surface area contributed by atoms with Crippen molar-refractivity contribution in [2.75, 3.05) is 13.6 Å². The zero-order chi connectivity index (χ0) is 12.3. The molecular weight excluding hydrogens is 250 g/mol. The molecule has 1 unspecified atom stereocenters. The average molecular weight is 266 g/mol. The Bertz CT molecular complexity index is 441. The molecule has 1 N–H and O–H groups in total. The molecule has 0 aliphatic rings. The van der Waals surface area contributed by atoms with Gasteiger partial charge in [0.1, 0.15) is 4.90 Å². The Kier molecular flexibility index (Phi) is 4.35. The fourth-order valence-corrected chi connectivity index (χ4v) is 2.65. The molecule has 0 fully saturated rings. The molecule has 0 saturated carbocycles. The molecule has 0 saturated heterocycles. The van der Waals surface area contributed by atoms with Crippen molar-refractivity contribution in [1.29, 1.82) is 0 Å². The number of hydrogen-bond acceptors (Lipinski definition) is 3. The lowest BCUT2D eigenvalue weighted by Crippen LogP contribution is -2.29. The largest absolute Gasteiger partial charge is 0.281 e. The Morgan fingerprint density at radius 1 is 1.62 bits per heavy atom. The molecule has 1 aromatic heterocycles. The van der Waals surface area contributed by atoms with Gasteiger partial charge in [0.15, 0.2) is 0 Å². The smallest absolute Gasteiger partial charge is 0.246 e. The predicted octanol–water partition coefficient (Wildman–Crippen LogP) is 1.36. The second-order valence-electron chi connectivity index (χ2n) is 3.76. The standard InChI is InChI=1S/C9H16ClN3O2S/c1-7(10)4-5-13(3)16(14,15)9-6-11-12-8(9)2/h6-7H,4-5H2,1-3H3,(H,11,12). The van der Waals surface area contributed by atoms with Crippen molar-refractivity contribution < 1.29 is 8.42 Å². The maximum Gasteiger partial charge on any atom is 0.246 e. The van der Waals surface area contributed by atoms with E-state index in [-0.39, 0.29) is 10.3 Å². The lowest BCUT2D eigenvalue weighted by molar-refractivity contribution is 0.460. The van der Waals surface area contributed by atoms with Crippen molar-refractivity contribution in [3.05, 3.63) is 11.9 Å². The Hall–Kier alpha value is -0.590. The van der Waals surface area contributed by atoms with Gasteiger partial charge in [-0.25, -0.2) is 12.7 Å². The Morgan fingerprint density at radius 2 is 2.25 bits per heavy atom. The molecular formula is C9H16ClN3O2S. The van der Waals surface area contributed by atoms with Crippen molar-refractivity contribution in [3.8, 4) is 0 Å². The van der Waals surface area contributed by atoms with Crippen molar-refractivity contribution in [1.82, 2.24) is 14.5 Å². The van der Waals surface area contributed by atoms with Gasteiger partial charge in [-0.2, -0.15) is 5.10 Å². The van der Waals surface area contributed by atoms with Crippen molar-refractivity contribution in [3.63, 3.8) is 0 Å². The van der Waals surface area contributed by atoms with Gasteiger partial charge in [0.25, 0.3) is 0 Å². The van der Waals surface area contributed by atoms with Gasteiger partial charge in [0.05, 0.1) is 11.9 Å². The molecule has 1 heterocycles. The number of nitrogens with zero attached hydrogens (tertiary/aromatic N) is 2. The summed E-state index contributed by atoms with van der Waals surface area (Å²) in [4.78, 5) is 0.220. The highest BCUT2D eigenvalue weighted by molar-refractivity contribution is 7.89. The second kappa shape index (κ2) is 5.16. The molecule has 0 spiro atoms. The van der Waals surface area contributed by atoms with Crippen LogP contribution < -0.4 is 0 Å². The zero-order valence-corrected chi connectivity index (χ0v) is 11.1. The first-order valence-corrected chi connectivity index (χ1v) is 6.83. The molecule has 1 aromatic rings. The third-order valence-electron chi connectivity index (χ3n) is 2.31. The average Bonchev–Trinajstić information content (AvgIpc) is 2.61. The first-order chi connectivity index (χ1) is 7.35. The molecule has 0 amide bonds. The van der Waals surface area contributed by atoms with Crippen molar-refractivity contribution >= 4 is 21.6 Å². The SMILES string of the molecule is Cc1[nH]ncc1S(=O)(=O)N(C)CCC(C)Cl. The van der Waals surface area contributed by atoms with Crippen LogP contribution in [0.15, 0.2) is 11.1 Å². The molecule has 0 aromatic carbocycles. The number of aryl methyl sites for hydroxylation is 1. The molecule has 1 rings (SSSR count).